The molecule has 148 valence electrons. The number of halogens is 1. The van der Waals surface area contributed by atoms with Crippen LogP contribution in [-0.4, -0.2) is 73.5 Å². The Balaban J connectivity index is 1.48. The number of ether oxygens (including phenoxy) is 1. The van der Waals surface area contributed by atoms with Gasteiger partial charge in [0.1, 0.15) is 5.75 Å². The number of methoxy groups -OCH3 is 1. The highest BCUT2D eigenvalue weighted by molar-refractivity contribution is 6.31. The lowest BCUT2D eigenvalue weighted by Crippen LogP contribution is -2.54. The minimum Gasteiger partial charge on any atom is -0.495 e. The summed E-state index contributed by atoms with van der Waals surface area (Å²) in [4.78, 5) is 28.8. The number of carbonyl (C=O) groups is 2. The van der Waals surface area contributed by atoms with Gasteiger partial charge >= 0.3 is 0 Å². The van der Waals surface area contributed by atoms with E-state index < -0.39 is 0 Å². The molecule has 0 radical (unpaired) electrons. The van der Waals surface area contributed by atoms with Gasteiger partial charge in [-0.05, 0) is 38.0 Å². The molecule has 1 atom stereocenters. The third kappa shape index (κ3) is 5.57. The van der Waals surface area contributed by atoms with Gasteiger partial charge in [-0.3, -0.25) is 19.4 Å². The molecule has 1 aliphatic heterocycles. The van der Waals surface area contributed by atoms with Crippen LogP contribution in [0.15, 0.2) is 18.2 Å². The average molecular weight is 395 g/mol. The highest BCUT2D eigenvalue weighted by Crippen LogP contribution is 2.28. The Morgan fingerprint density at radius 2 is 1.96 bits per heavy atom. The quantitative estimate of drug-likeness (QED) is 0.734. The Kier molecular flexibility index (Phi) is 6.57. The van der Waals surface area contributed by atoms with E-state index in [2.05, 4.69) is 20.4 Å². The van der Waals surface area contributed by atoms with E-state index in [1.165, 1.54) is 0 Å². The molecular weight excluding hydrogens is 368 g/mol. The second-order valence-corrected chi connectivity index (χ2v) is 7.60. The number of rotatable bonds is 7. The third-order valence-electron chi connectivity index (χ3n) is 5.06. The first-order valence-electron chi connectivity index (χ1n) is 9.36. The predicted octanol–water partition coefficient (Wildman–Crippen LogP) is 1.57. The Morgan fingerprint density at radius 1 is 1.26 bits per heavy atom. The van der Waals surface area contributed by atoms with E-state index >= 15 is 0 Å². The monoisotopic (exact) mass is 394 g/mol. The molecule has 2 aliphatic rings. The first kappa shape index (κ1) is 19.9. The molecule has 1 aromatic carbocycles. The van der Waals surface area contributed by atoms with Crippen LogP contribution in [0.1, 0.15) is 19.8 Å². The summed E-state index contributed by atoms with van der Waals surface area (Å²) in [7, 11) is 1.56. The van der Waals surface area contributed by atoms with Crippen LogP contribution in [0.4, 0.5) is 5.69 Å². The number of hydrogen-bond acceptors (Lipinski definition) is 5. The van der Waals surface area contributed by atoms with E-state index in [-0.39, 0.29) is 17.9 Å². The van der Waals surface area contributed by atoms with Gasteiger partial charge in [-0.15, -0.1) is 0 Å². The molecule has 27 heavy (non-hydrogen) atoms. The minimum absolute atomic E-state index is 0.101. The molecule has 1 aromatic rings. The Hall–Kier alpha value is -1.83. The normalized spacial score (nSPS) is 19.4. The Morgan fingerprint density at radius 3 is 2.59 bits per heavy atom. The second kappa shape index (κ2) is 8.91. The summed E-state index contributed by atoms with van der Waals surface area (Å²) in [5.74, 6) is 0.576. The van der Waals surface area contributed by atoms with Crippen molar-refractivity contribution in [1.29, 1.82) is 0 Å². The van der Waals surface area contributed by atoms with Gasteiger partial charge in [-0.25, -0.2) is 0 Å². The molecule has 0 bridgehead atoms. The van der Waals surface area contributed by atoms with Crippen molar-refractivity contribution in [1.82, 2.24) is 15.1 Å². The van der Waals surface area contributed by atoms with Gasteiger partial charge < -0.3 is 15.4 Å². The molecule has 0 spiro atoms. The summed E-state index contributed by atoms with van der Waals surface area (Å²) in [6.45, 7) is 5.37. The highest BCUT2D eigenvalue weighted by Gasteiger charge is 2.28. The Bertz CT molecular complexity index is 688. The summed E-state index contributed by atoms with van der Waals surface area (Å²) in [6.07, 6.45) is 2.20. The fraction of sp³-hybridized carbons (Fsp3) is 0.579. The van der Waals surface area contributed by atoms with Crippen molar-refractivity contribution < 1.29 is 14.3 Å². The van der Waals surface area contributed by atoms with E-state index in [0.717, 1.165) is 39.0 Å². The number of carbonyl (C=O) groups excluding carboxylic acids is 2. The van der Waals surface area contributed by atoms with Gasteiger partial charge in [-0.1, -0.05) is 11.6 Å². The summed E-state index contributed by atoms with van der Waals surface area (Å²) < 4.78 is 5.28. The van der Waals surface area contributed by atoms with Gasteiger partial charge in [0.15, 0.2) is 0 Å². The average Bonchev–Trinajstić information content (AvgIpc) is 3.45. The number of piperazine rings is 1. The molecule has 2 amide bonds. The van der Waals surface area contributed by atoms with Crippen molar-refractivity contribution >= 4 is 29.1 Å². The van der Waals surface area contributed by atoms with E-state index in [1.54, 1.807) is 25.3 Å². The second-order valence-electron chi connectivity index (χ2n) is 7.16. The number of anilines is 1. The molecule has 2 N–H and O–H groups in total. The molecule has 7 nitrogen and oxygen atoms in total. The zero-order valence-corrected chi connectivity index (χ0v) is 16.6. The number of nitrogens with one attached hydrogen (secondary N) is 2. The Labute approximate surface area is 165 Å². The maximum atomic E-state index is 12.6. The molecule has 1 heterocycles. The molecule has 3 rings (SSSR count). The lowest BCUT2D eigenvalue weighted by molar-refractivity contribution is -0.124. The van der Waals surface area contributed by atoms with Crippen LogP contribution >= 0.6 is 11.6 Å². The third-order valence-corrected chi connectivity index (χ3v) is 5.30. The van der Waals surface area contributed by atoms with Gasteiger partial charge in [0.05, 0.1) is 25.4 Å². The molecule has 0 unspecified atom stereocenters. The fourth-order valence-corrected chi connectivity index (χ4v) is 3.37. The van der Waals surface area contributed by atoms with E-state index in [9.17, 15) is 9.59 Å². The van der Waals surface area contributed by atoms with Gasteiger partial charge in [0.25, 0.3) is 0 Å². The van der Waals surface area contributed by atoms with Crippen molar-refractivity contribution in [2.24, 2.45) is 0 Å². The van der Waals surface area contributed by atoms with Crippen molar-refractivity contribution in [3.8, 4) is 5.75 Å². The van der Waals surface area contributed by atoms with Crippen LogP contribution in [0.5, 0.6) is 5.75 Å². The van der Waals surface area contributed by atoms with Crippen molar-refractivity contribution in [3.63, 3.8) is 0 Å². The van der Waals surface area contributed by atoms with Gasteiger partial charge in [0, 0.05) is 37.2 Å². The molecular formula is C19H27ClN4O3. The first-order chi connectivity index (χ1) is 13.0. The van der Waals surface area contributed by atoms with Gasteiger partial charge in [-0.2, -0.15) is 0 Å². The van der Waals surface area contributed by atoms with Crippen LogP contribution < -0.4 is 15.4 Å². The fourth-order valence-electron chi connectivity index (χ4n) is 3.19. The summed E-state index contributed by atoms with van der Waals surface area (Å²) in [5.41, 5.74) is 0.567. The molecule has 2 fully saturated rings. The number of amides is 2. The summed E-state index contributed by atoms with van der Waals surface area (Å²) in [6, 6.07) is 5.25. The maximum absolute atomic E-state index is 12.6. The molecule has 1 saturated heterocycles. The van der Waals surface area contributed by atoms with Crippen LogP contribution in [0, 0.1) is 0 Å². The molecule has 1 saturated carbocycles. The van der Waals surface area contributed by atoms with Gasteiger partial charge in [0.2, 0.25) is 11.8 Å². The lowest BCUT2D eigenvalue weighted by Gasteiger charge is -2.37. The topological polar surface area (TPSA) is 73.9 Å². The molecule has 0 aromatic heterocycles. The minimum atomic E-state index is -0.281. The first-order valence-corrected chi connectivity index (χ1v) is 9.74. The summed E-state index contributed by atoms with van der Waals surface area (Å²) >= 11 is 6.02. The lowest BCUT2D eigenvalue weighted by atomic mass is 10.2. The van der Waals surface area contributed by atoms with Crippen LogP contribution in [0.2, 0.25) is 5.02 Å². The van der Waals surface area contributed by atoms with Crippen molar-refractivity contribution in [2.45, 2.75) is 31.8 Å². The van der Waals surface area contributed by atoms with Crippen molar-refractivity contribution in [3.05, 3.63) is 23.2 Å². The largest absolute Gasteiger partial charge is 0.495 e. The zero-order valence-electron chi connectivity index (χ0n) is 15.8. The number of hydrogen-bond donors (Lipinski definition) is 2. The van der Waals surface area contributed by atoms with Crippen LogP contribution in [0.25, 0.3) is 0 Å². The highest BCUT2D eigenvalue weighted by atomic mass is 35.5. The van der Waals surface area contributed by atoms with Crippen LogP contribution in [-0.2, 0) is 9.59 Å². The number of benzene rings is 1. The SMILES string of the molecule is COc1ccc(Cl)cc1NC(=O)[C@H](C)N1CCN(CC(=O)NC2CC2)CC1. The standard InChI is InChI=1S/C19H27ClN4O3/c1-13(19(26)22-16-11-14(20)3-6-17(16)27-2)24-9-7-23(8-10-24)12-18(25)21-15-4-5-15/h3,6,11,13,15H,4-5,7-10,12H2,1-2H3,(H,21,25)(H,22,26)/t13-/m0/s1. The predicted molar refractivity (Wildman–Crippen MR) is 105 cm³/mol. The summed E-state index contributed by atoms with van der Waals surface area (Å²) in [5, 5.41) is 6.46. The smallest absolute Gasteiger partial charge is 0.241 e. The van der Waals surface area contributed by atoms with E-state index in [0.29, 0.717) is 29.0 Å². The van der Waals surface area contributed by atoms with Crippen LogP contribution in [0.3, 0.4) is 0 Å². The maximum Gasteiger partial charge on any atom is 0.241 e. The van der Waals surface area contributed by atoms with E-state index in [1.807, 2.05) is 6.92 Å². The zero-order chi connectivity index (χ0) is 19.4. The van der Waals surface area contributed by atoms with Crippen molar-refractivity contribution in [2.75, 3.05) is 45.2 Å². The molecule has 8 heteroatoms. The van der Waals surface area contributed by atoms with E-state index in [4.69, 9.17) is 16.3 Å². The molecule has 1 aliphatic carbocycles. The number of nitrogens with zero attached hydrogens (tertiary/aromatic N) is 2.